The minimum absolute atomic E-state index is 0.0519. The fourth-order valence-corrected chi connectivity index (χ4v) is 2.64. The van der Waals surface area contributed by atoms with E-state index in [1.165, 1.54) is 0 Å². The molecule has 0 bridgehead atoms. The number of aryl methyl sites for hydroxylation is 2. The Bertz CT molecular complexity index is 897. The van der Waals surface area contributed by atoms with E-state index in [2.05, 4.69) is 5.32 Å². The molecule has 5 heteroatoms. The van der Waals surface area contributed by atoms with Gasteiger partial charge in [0.1, 0.15) is 23.9 Å². The third-order valence-corrected chi connectivity index (χ3v) is 3.96. The van der Waals surface area contributed by atoms with Gasteiger partial charge in [0.2, 0.25) is 0 Å². The van der Waals surface area contributed by atoms with Gasteiger partial charge in [-0.3, -0.25) is 4.79 Å². The molecule has 0 saturated heterocycles. The van der Waals surface area contributed by atoms with Gasteiger partial charge in [0.25, 0.3) is 5.91 Å². The second-order valence-corrected chi connectivity index (χ2v) is 6.11. The molecular weight excluding hydrogens is 330 g/mol. The Hall–Kier alpha value is -3.05. The van der Waals surface area contributed by atoms with Crippen LogP contribution in [-0.2, 0) is 11.4 Å². The molecule has 3 rings (SSSR count). The fraction of sp³-hybridized carbons (Fsp3) is 0.190. The summed E-state index contributed by atoms with van der Waals surface area (Å²) in [6, 6.07) is 16.7. The Labute approximate surface area is 152 Å². The highest BCUT2D eigenvalue weighted by atomic mass is 16.5. The Morgan fingerprint density at radius 1 is 1.08 bits per heavy atom. The smallest absolute Gasteiger partial charge is 0.262 e. The lowest BCUT2D eigenvalue weighted by molar-refractivity contribution is -0.118. The molecule has 3 aromatic rings. The summed E-state index contributed by atoms with van der Waals surface area (Å²) in [6.45, 7) is 3.79. The second-order valence-electron chi connectivity index (χ2n) is 6.11. The van der Waals surface area contributed by atoms with Crippen molar-refractivity contribution in [1.82, 2.24) is 0 Å². The zero-order chi connectivity index (χ0) is 18.5. The predicted octanol–water partition coefficient (Wildman–Crippen LogP) is 4.07. The standard InChI is InChI=1S/C21H21NO4/c1-14-3-9-19(15(2)11-14)25-13-21(24)22-17-6-4-16(5-7-17)20-10-8-18(12-23)26-20/h3-11,23H,12-13H2,1-2H3,(H,22,24). The number of anilines is 1. The number of hydrogen-bond donors (Lipinski definition) is 2. The molecule has 1 amide bonds. The number of amides is 1. The quantitative estimate of drug-likeness (QED) is 0.702. The molecule has 0 aliphatic rings. The van der Waals surface area contributed by atoms with Crippen molar-refractivity contribution in [2.45, 2.75) is 20.5 Å². The molecule has 26 heavy (non-hydrogen) atoms. The summed E-state index contributed by atoms with van der Waals surface area (Å²) in [5, 5.41) is 11.9. The van der Waals surface area contributed by atoms with Gasteiger partial charge in [-0.1, -0.05) is 17.7 Å². The molecule has 0 saturated carbocycles. The van der Waals surface area contributed by atoms with Crippen molar-refractivity contribution < 1.29 is 19.1 Å². The van der Waals surface area contributed by atoms with Gasteiger partial charge in [-0.2, -0.15) is 0 Å². The maximum absolute atomic E-state index is 12.1. The van der Waals surface area contributed by atoms with Gasteiger partial charge in [-0.05, 0) is 61.9 Å². The van der Waals surface area contributed by atoms with Crippen molar-refractivity contribution in [3.05, 3.63) is 71.5 Å². The van der Waals surface area contributed by atoms with Crippen LogP contribution in [0.2, 0.25) is 0 Å². The lowest BCUT2D eigenvalue weighted by atomic mass is 10.1. The van der Waals surface area contributed by atoms with Gasteiger partial charge >= 0.3 is 0 Å². The van der Waals surface area contributed by atoms with Crippen LogP contribution in [0.1, 0.15) is 16.9 Å². The van der Waals surface area contributed by atoms with Gasteiger partial charge in [0.15, 0.2) is 6.61 Å². The van der Waals surface area contributed by atoms with E-state index in [-0.39, 0.29) is 19.1 Å². The molecule has 0 spiro atoms. The highest BCUT2D eigenvalue weighted by molar-refractivity contribution is 5.92. The van der Waals surface area contributed by atoms with Crippen molar-refractivity contribution in [2.75, 3.05) is 11.9 Å². The minimum atomic E-state index is -0.224. The van der Waals surface area contributed by atoms with Crippen LogP contribution in [0, 0.1) is 13.8 Å². The third-order valence-electron chi connectivity index (χ3n) is 3.96. The molecule has 2 aromatic carbocycles. The van der Waals surface area contributed by atoms with Crippen molar-refractivity contribution in [2.24, 2.45) is 0 Å². The van der Waals surface area contributed by atoms with Crippen molar-refractivity contribution >= 4 is 11.6 Å². The maximum Gasteiger partial charge on any atom is 0.262 e. The van der Waals surface area contributed by atoms with Gasteiger partial charge in [0.05, 0.1) is 0 Å². The molecule has 1 heterocycles. The Balaban J connectivity index is 1.57. The summed E-state index contributed by atoms with van der Waals surface area (Å²) in [5.74, 6) is 1.67. The van der Waals surface area contributed by atoms with E-state index < -0.39 is 0 Å². The lowest BCUT2D eigenvalue weighted by Gasteiger charge is -2.10. The van der Waals surface area contributed by atoms with Crippen LogP contribution in [-0.4, -0.2) is 17.6 Å². The predicted molar refractivity (Wildman–Crippen MR) is 100 cm³/mol. The van der Waals surface area contributed by atoms with Crippen LogP contribution >= 0.6 is 0 Å². The average Bonchev–Trinajstić information content (AvgIpc) is 3.11. The Morgan fingerprint density at radius 2 is 1.85 bits per heavy atom. The van der Waals surface area contributed by atoms with E-state index in [9.17, 15) is 4.79 Å². The lowest BCUT2D eigenvalue weighted by Crippen LogP contribution is -2.20. The highest BCUT2D eigenvalue weighted by Crippen LogP contribution is 2.24. The van der Waals surface area contributed by atoms with E-state index in [1.54, 1.807) is 24.3 Å². The summed E-state index contributed by atoms with van der Waals surface area (Å²) < 4.78 is 11.1. The zero-order valence-electron chi connectivity index (χ0n) is 14.8. The fourth-order valence-electron chi connectivity index (χ4n) is 2.64. The molecule has 0 aliphatic heterocycles. The number of aliphatic hydroxyl groups excluding tert-OH is 1. The Morgan fingerprint density at radius 3 is 2.50 bits per heavy atom. The SMILES string of the molecule is Cc1ccc(OCC(=O)Nc2ccc(-c3ccc(CO)o3)cc2)c(C)c1. The van der Waals surface area contributed by atoms with Crippen LogP contribution in [0.4, 0.5) is 5.69 Å². The largest absolute Gasteiger partial charge is 0.483 e. The summed E-state index contributed by atoms with van der Waals surface area (Å²) in [7, 11) is 0. The first-order chi connectivity index (χ1) is 12.5. The third kappa shape index (κ3) is 4.32. The average molecular weight is 351 g/mol. The first-order valence-corrected chi connectivity index (χ1v) is 8.35. The number of furan rings is 1. The van der Waals surface area contributed by atoms with Gasteiger partial charge in [-0.15, -0.1) is 0 Å². The molecule has 2 N–H and O–H groups in total. The monoisotopic (exact) mass is 351 g/mol. The van der Waals surface area contributed by atoms with Crippen LogP contribution in [0.25, 0.3) is 11.3 Å². The molecule has 0 aliphatic carbocycles. The Kier molecular flexibility index (Phi) is 5.39. The first-order valence-electron chi connectivity index (χ1n) is 8.35. The number of nitrogens with one attached hydrogen (secondary N) is 1. The van der Waals surface area contributed by atoms with Gasteiger partial charge < -0.3 is 19.6 Å². The van der Waals surface area contributed by atoms with Crippen LogP contribution < -0.4 is 10.1 Å². The van der Waals surface area contributed by atoms with E-state index in [1.807, 2.05) is 44.2 Å². The summed E-state index contributed by atoms with van der Waals surface area (Å²) in [5.41, 5.74) is 3.70. The molecule has 1 aromatic heterocycles. The first kappa shape index (κ1) is 17.8. The van der Waals surface area contributed by atoms with E-state index in [0.29, 0.717) is 23.0 Å². The van der Waals surface area contributed by atoms with Crippen molar-refractivity contribution in [3.8, 4) is 17.1 Å². The van der Waals surface area contributed by atoms with Gasteiger partial charge in [0, 0.05) is 11.3 Å². The number of hydrogen-bond acceptors (Lipinski definition) is 4. The molecule has 134 valence electrons. The summed E-state index contributed by atoms with van der Waals surface area (Å²) in [4.78, 5) is 12.1. The minimum Gasteiger partial charge on any atom is -0.483 e. The molecular formula is C21H21NO4. The van der Waals surface area contributed by atoms with E-state index >= 15 is 0 Å². The molecule has 0 fully saturated rings. The van der Waals surface area contributed by atoms with Crippen molar-refractivity contribution in [1.29, 1.82) is 0 Å². The van der Waals surface area contributed by atoms with Crippen molar-refractivity contribution in [3.63, 3.8) is 0 Å². The van der Waals surface area contributed by atoms with Crippen LogP contribution in [0.15, 0.2) is 59.0 Å². The van der Waals surface area contributed by atoms with Crippen LogP contribution in [0.3, 0.4) is 0 Å². The second kappa shape index (κ2) is 7.89. The number of aliphatic hydroxyl groups is 1. The number of carbonyl (C=O) groups is 1. The molecule has 5 nitrogen and oxygen atoms in total. The number of rotatable bonds is 6. The molecule has 0 unspecified atom stereocenters. The number of benzene rings is 2. The number of ether oxygens (including phenoxy) is 1. The normalized spacial score (nSPS) is 10.6. The topological polar surface area (TPSA) is 71.7 Å². The molecule has 0 atom stereocenters. The zero-order valence-corrected chi connectivity index (χ0v) is 14.8. The number of carbonyl (C=O) groups excluding carboxylic acids is 1. The maximum atomic E-state index is 12.1. The summed E-state index contributed by atoms with van der Waals surface area (Å²) in [6.07, 6.45) is 0. The van der Waals surface area contributed by atoms with E-state index in [0.717, 1.165) is 16.7 Å². The van der Waals surface area contributed by atoms with Gasteiger partial charge in [-0.25, -0.2) is 0 Å². The highest BCUT2D eigenvalue weighted by Gasteiger charge is 2.07. The van der Waals surface area contributed by atoms with E-state index in [4.69, 9.17) is 14.3 Å². The van der Waals surface area contributed by atoms with Crippen LogP contribution in [0.5, 0.6) is 5.75 Å². The molecule has 0 radical (unpaired) electrons. The summed E-state index contributed by atoms with van der Waals surface area (Å²) >= 11 is 0.